The van der Waals surface area contributed by atoms with Crippen molar-refractivity contribution < 1.29 is 19.0 Å². The van der Waals surface area contributed by atoms with Gasteiger partial charge in [-0.2, -0.15) is 0 Å². The topological polar surface area (TPSA) is 48.0 Å². The van der Waals surface area contributed by atoms with Gasteiger partial charge in [-0.05, 0) is 50.7 Å². The van der Waals surface area contributed by atoms with Crippen LogP contribution in [0.15, 0.2) is 72.8 Å². The van der Waals surface area contributed by atoms with Gasteiger partial charge in [0.25, 0.3) is 0 Å². The van der Waals surface area contributed by atoms with Crippen LogP contribution in [0.5, 0.6) is 17.2 Å². The molecule has 0 radical (unpaired) electrons. The predicted octanol–water partition coefficient (Wildman–Crippen LogP) is 5.22. The van der Waals surface area contributed by atoms with E-state index in [0.29, 0.717) is 29.2 Å². The summed E-state index contributed by atoms with van der Waals surface area (Å²) in [6, 6.07) is 23.6. The van der Waals surface area contributed by atoms with E-state index in [-0.39, 0.29) is 11.8 Å². The van der Waals surface area contributed by atoms with Crippen molar-refractivity contribution in [1.29, 1.82) is 0 Å². The number of carbonyl (C=O) groups is 1. The molecule has 5 heteroatoms. The van der Waals surface area contributed by atoms with Gasteiger partial charge in [0.15, 0.2) is 17.3 Å². The Bertz CT molecular complexity index is 999. The second-order valence-electron chi connectivity index (χ2n) is 8.40. The first-order valence-corrected chi connectivity index (χ1v) is 11.0. The molecule has 0 amide bonds. The third-order valence-corrected chi connectivity index (χ3v) is 6.33. The Morgan fingerprint density at radius 3 is 1.64 bits per heavy atom. The molecule has 174 valence electrons. The van der Waals surface area contributed by atoms with Crippen molar-refractivity contribution in [1.82, 2.24) is 4.90 Å². The van der Waals surface area contributed by atoms with Gasteiger partial charge in [-0.25, -0.2) is 0 Å². The van der Waals surface area contributed by atoms with Gasteiger partial charge >= 0.3 is 0 Å². The highest BCUT2D eigenvalue weighted by molar-refractivity contribution is 6.07. The third-order valence-electron chi connectivity index (χ3n) is 6.33. The average Bonchev–Trinajstić information content (AvgIpc) is 2.86. The van der Waals surface area contributed by atoms with E-state index in [1.165, 1.54) is 0 Å². The second-order valence-corrected chi connectivity index (χ2v) is 8.40. The van der Waals surface area contributed by atoms with E-state index in [1.54, 1.807) is 33.5 Å². The van der Waals surface area contributed by atoms with Crippen LogP contribution in [-0.2, 0) is 5.41 Å². The third kappa shape index (κ3) is 4.74. The summed E-state index contributed by atoms with van der Waals surface area (Å²) in [5.41, 5.74) is 1.49. The lowest BCUT2D eigenvalue weighted by atomic mass is 9.66. The van der Waals surface area contributed by atoms with Gasteiger partial charge in [-0.15, -0.1) is 0 Å². The molecule has 33 heavy (non-hydrogen) atoms. The highest BCUT2D eigenvalue weighted by Gasteiger charge is 2.44. The van der Waals surface area contributed by atoms with Crippen LogP contribution in [0.1, 0.15) is 34.8 Å². The summed E-state index contributed by atoms with van der Waals surface area (Å²) in [5.74, 6) is 1.35. The molecule has 0 fully saturated rings. The number of carbonyl (C=O) groups excluding carboxylic acids is 1. The number of rotatable bonds is 10. The SMILES string of the molecule is COc1cc(C(=O)C(CC(C)N(C)C)(c2ccccc2)c2ccccc2)cc(OC)c1OC. The van der Waals surface area contributed by atoms with E-state index < -0.39 is 5.41 Å². The molecular weight excluding hydrogens is 414 g/mol. The molecule has 0 spiro atoms. The zero-order valence-electron chi connectivity index (χ0n) is 20.3. The van der Waals surface area contributed by atoms with Crippen LogP contribution >= 0.6 is 0 Å². The minimum absolute atomic E-state index is 0.0205. The maximum Gasteiger partial charge on any atom is 0.203 e. The lowest BCUT2D eigenvalue weighted by molar-refractivity contribution is 0.0881. The van der Waals surface area contributed by atoms with Crippen molar-refractivity contribution in [3.05, 3.63) is 89.5 Å². The van der Waals surface area contributed by atoms with Gasteiger partial charge in [0.05, 0.1) is 26.7 Å². The molecule has 0 bridgehead atoms. The molecule has 0 saturated heterocycles. The highest BCUT2D eigenvalue weighted by atomic mass is 16.5. The van der Waals surface area contributed by atoms with E-state index in [0.717, 1.165) is 11.1 Å². The van der Waals surface area contributed by atoms with Crippen molar-refractivity contribution in [2.75, 3.05) is 35.4 Å². The smallest absolute Gasteiger partial charge is 0.203 e. The summed E-state index contributed by atoms with van der Waals surface area (Å²) in [7, 11) is 8.74. The van der Waals surface area contributed by atoms with Crippen LogP contribution < -0.4 is 14.2 Å². The number of hydrogen-bond acceptors (Lipinski definition) is 5. The maximum atomic E-state index is 14.6. The monoisotopic (exact) mass is 447 g/mol. The minimum Gasteiger partial charge on any atom is -0.493 e. The fourth-order valence-corrected chi connectivity index (χ4v) is 4.29. The Morgan fingerprint density at radius 2 is 1.27 bits per heavy atom. The van der Waals surface area contributed by atoms with Gasteiger partial charge in [0.2, 0.25) is 5.75 Å². The van der Waals surface area contributed by atoms with Crippen molar-refractivity contribution in [2.45, 2.75) is 24.8 Å². The Morgan fingerprint density at radius 1 is 0.818 bits per heavy atom. The molecule has 3 aromatic carbocycles. The van der Waals surface area contributed by atoms with Crippen LogP contribution in [0, 0.1) is 0 Å². The summed E-state index contributed by atoms with van der Waals surface area (Å²) in [5, 5.41) is 0. The van der Waals surface area contributed by atoms with Crippen molar-refractivity contribution >= 4 is 5.78 Å². The Hall–Kier alpha value is -3.31. The first-order valence-electron chi connectivity index (χ1n) is 11.0. The minimum atomic E-state index is -0.906. The maximum absolute atomic E-state index is 14.6. The van der Waals surface area contributed by atoms with Gasteiger partial charge < -0.3 is 19.1 Å². The van der Waals surface area contributed by atoms with Crippen LogP contribution in [0.25, 0.3) is 0 Å². The van der Waals surface area contributed by atoms with E-state index in [4.69, 9.17) is 14.2 Å². The molecule has 3 rings (SSSR count). The lowest BCUT2D eigenvalue weighted by Gasteiger charge is -2.38. The van der Waals surface area contributed by atoms with E-state index >= 15 is 0 Å². The lowest BCUT2D eigenvalue weighted by Crippen LogP contribution is -2.43. The van der Waals surface area contributed by atoms with Crippen molar-refractivity contribution in [2.24, 2.45) is 0 Å². The summed E-state index contributed by atoms with van der Waals surface area (Å²) < 4.78 is 16.6. The van der Waals surface area contributed by atoms with E-state index in [2.05, 4.69) is 11.8 Å². The number of ketones is 1. The summed E-state index contributed by atoms with van der Waals surface area (Å²) in [4.78, 5) is 16.7. The largest absolute Gasteiger partial charge is 0.493 e. The first kappa shape index (κ1) is 24.3. The number of methoxy groups -OCH3 is 3. The zero-order chi connectivity index (χ0) is 24.0. The molecule has 0 N–H and O–H groups in total. The van der Waals surface area contributed by atoms with Crippen molar-refractivity contribution in [3.8, 4) is 17.2 Å². The molecule has 1 atom stereocenters. The summed E-state index contributed by atoms with van der Waals surface area (Å²) >= 11 is 0. The first-order chi connectivity index (χ1) is 15.9. The number of nitrogens with zero attached hydrogens (tertiary/aromatic N) is 1. The Balaban J connectivity index is 2.32. The van der Waals surface area contributed by atoms with Crippen LogP contribution in [-0.4, -0.2) is 52.1 Å². The summed E-state index contributed by atoms with van der Waals surface area (Å²) in [6.07, 6.45) is 0.601. The fraction of sp³-hybridized carbons (Fsp3) is 0.321. The van der Waals surface area contributed by atoms with Gasteiger partial charge in [-0.1, -0.05) is 60.7 Å². The van der Waals surface area contributed by atoms with Gasteiger partial charge in [0.1, 0.15) is 0 Å². The molecule has 0 saturated carbocycles. The fourth-order valence-electron chi connectivity index (χ4n) is 4.29. The summed E-state index contributed by atoms with van der Waals surface area (Å²) in [6.45, 7) is 2.14. The van der Waals surface area contributed by atoms with Crippen LogP contribution in [0.2, 0.25) is 0 Å². The van der Waals surface area contributed by atoms with Gasteiger partial charge in [-0.3, -0.25) is 4.79 Å². The number of Topliss-reactive ketones (excluding diaryl/α,β-unsaturated/α-hetero) is 1. The molecule has 3 aromatic rings. The quantitative estimate of drug-likeness (QED) is 0.399. The molecular formula is C28H33NO4. The standard InChI is InChI=1S/C28H33NO4/c1-20(29(2)3)19-28(22-13-9-7-10-14-22,23-15-11-8-12-16-23)27(30)21-17-24(31-4)26(33-6)25(18-21)32-5/h7-18,20H,19H2,1-6H3. The molecule has 5 nitrogen and oxygen atoms in total. The number of hydrogen-bond donors (Lipinski definition) is 0. The average molecular weight is 448 g/mol. The van der Waals surface area contributed by atoms with E-state index in [1.807, 2.05) is 74.8 Å². The molecule has 0 aliphatic carbocycles. The normalized spacial score (nSPS) is 12.3. The molecule has 1 unspecified atom stereocenters. The van der Waals surface area contributed by atoms with Crippen molar-refractivity contribution in [3.63, 3.8) is 0 Å². The highest BCUT2D eigenvalue weighted by Crippen LogP contribution is 2.44. The van der Waals surface area contributed by atoms with Crippen LogP contribution in [0.3, 0.4) is 0 Å². The molecule has 0 aliphatic heterocycles. The Kier molecular flexibility index (Phi) is 7.77. The molecule has 0 aromatic heterocycles. The zero-order valence-corrected chi connectivity index (χ0v) is 20.3. The molecule has 0 aliphatic rings. The second kappa shape index (κ2) is 10.5. The van der Waals surface area contributed by atoms with Gasteiger partial charge in [0, 0.05) is 11.6 Å². The Labute approximate surface area is 196 Å². The number of benzene rings is 3. The number of ether oxygens (including phenoxy) is 3. The van der Waals surface area contributed by atoms with E-state index in [9.17, 15) is 4.79 Å². The predicted molar refractivity (Wildman–Crippen MR) is 132 cm³/mol. The molecule has 0 heterocycles. The van der Waals surface area contributed by atoms with Crippen LogP contribution in [0.4, 0.5) is 0 Å².